The lowest BCUT2D eigenvalue weighted by molar-refractivity contribution is 0.264. The zero-order valence-electron chi connectivity index (χ0n) is 9.97. The first kappa shape index (κ1) is 14.9. The average molecular weight is 277 g/mol. The first-order chi connectivity index (χ1) is 8.43. The summed E-state index contributed by atoms with van der Waals surface area (Å²) in [4.78, 5) is 0. The normalized spacial score (nSPS) is 13.3. The van der Waals surface area contributed by atoms with Gasteiger partial charge in [-0.3, -0.25) is 0 Å². The van der Waals surface area contributed by atoms with Crippen LogP contribution >= 0.6 is 0 Å². The minimum absolute atomic E-state index is 0.0425. The summed E-state index contributed by atoms with van der Waals surface area (Å²) < 4.78 is 43.0. The van der Waals surface area contributed by atoms with E-state index in [-0.39, 0.29) is 24.8 Å². The maximum absolute atomic E-state index is 12.6. The first-order valence-electron chi connectivity index (χ1n) is 5.42. The number of aliphatic hydroxyl groups excluding tert-OH is 1. The van der Waals surface area contributed by atoms with Crippen LogP contribution in [-0.4, -0.2) is 38.5 Å². The minimum atomic E-state index is -3.48. The Morgan fingerprint density at radius 3 is 2.56 bits per heavy atom. The molecular weight excluding hydrogens is 261 g/mol. The maximum atomic E-state index is 12.6. The van der Waals surface area contributed by atoms with Crippen LogP contribution in [0.4, 0.5) is 4.39 Å². The van der Waals surface area contributed by atoms with Crippen molar-refractivity contribution in [3.63, 3.8) is 0 Å². The van der Waals surface area contributed by atoms with Crippen molar-refractivity contribution < 1.29 is 22.7 Å². The van der Waals surface area contributed by atoms with Crippen molar-refractivity contribution >= 4 is 10.0 Å². The molecular formula is C11H16FNO4S. The van der Waals surface area contributed by atoms with Gasteiger partial charge < -0.3 is 9.84 Å². The van der Waals surface area contributed by atoms with Crippen LogP contribution in [0.1, 0.15) is 6.92 Å². The van der Waals surface area contributed by atoms with Gasteiger partial charge in [-0.2, -0.15) is 0 Å². The molecule has 0 heterocycles. The van der Waals surface area contributed by atoms with Gasteiger partial charge in [0, 0.05) is 6.04 Å². The van der Waals surface area contributed by atoms with Crippen molar-refractivity contribution in [2.45, 2.75) is 13.0 Å². The van der Waals surface area contributed by atoms with Crippen molar-refractivity contribution in [3.8, 4) is 5.75 Å². The van der Waals surface area contributed by atoms with E-state index in [9.17, 15) is 12.8 Å². The number of hydrogen-bond donors (Lipinski definition) is 2. The molecule has 1 aromatic rings. The van der Waals surface area contributed by atoms with Crippen LogP contribution in [0.2, 0.25) is 0 Å². The quantitative estimate of drug-likeness (QED) is 0.761. The van der Waals surface area contributed by atoms with Gasteiger partial charge in [-0.25, -0.2) is 17.5 Å². The molecule has 102 valence electrons. The number of rotatable bonds is 7. The van der Waals surface area contributed by atoms with E-state index >= 15 is 0 Å². The van der Waals surface area contributed by atoms with E-state index in [0.29, 0.717) is 5.75 Å². The SMILES string of the molecule is C[C@@H](CO)NS(=O)(=O)CCOc1ccc(F)cc1. The number of ether oxygens (including phenoxy) is 1. The highest BCUT2D eigenvalue weighted by Gasteiger charge is 2.13. The van der Waals surface area contributed by atoms with E-state index in [2.05, 4.69) is 4.72 Å². The molecule has 0 unspecified atom stereocenters. The first-order valence-corrected chi connectivity index (χ1v) is 7.07. The average Bonchev–Trinajstić information content (AvgIpc) is 2.31. The lowest BCUT2D eigenvalue weighted by Crippen LogP contribution is -2.37. The number of aliphatic hydroxyl groups is 1. The highest BCUT2D eigenvalue weighted by molar-refractivity contribution is 7.89. The number of sulfonamides is 1. The van der Waals surface area contributed by atoms with Gasteiger partial charge in [0.2, 0.25) is 10.0 Å². The van der Waals surface area contributed by atoms with Crippen molar-refractivity contribution in [2.75, 3.05) is 19.0 Å². The van der Waals surface area contributed by atoms with E-state index in [4.69, 9.17) is 9.84 Å². The standard InChI is InChI=1S/C11H16FNO4S/c1-9(8-14)13-18(15,16)7-6-17-11-4-2-10(12)3-5-11/h2-5,9,13-14H,6-8H2,1H3/t9-/m0/s1. The van der Waals surface area contributed by atoms with Crippen LogP contribution in [0.25, 0.3) is 0 Å². The summed E-state index contributed by atoms with van der Waals surface area (Å²) in [7, 11) is -3.48. The maximum Gasteiger partial charge on any atom is 0.215 e. The number of halogens is 1. The third-order valence-corrected chi connectivity index (χ3v) is 3.55. The molecule has 1 aromatic carbocycles. The van der Waals surface area contributed by atoms with Gasteiger partial charge in [0.05, 0.1) is 12.4 Å². The molecule has 0 saturated carbocycles. The van der Waals surface area contributed by atoms with Crippen LogP contribution in [0, 0.1) is 5.82 Å². The Balaban J connectivity index is 2.39. The Bertz CT molecular complexity index is 460. The molecule has 1 atom stereocenters. The summed E-state index contributed by atoms with van der Waals surface area (Å²) >= 11 is 0. The van der Waals surface area contributed by atoms with Gasteiger partial charge in [-0.1, -0.05) is 0 Å². The Hall–Kier alpha value is -1.18. The molecule has 0 amide bonds. The third-order valence-electron chi connectivity index (χ3n) is 2.09. The predicted octanol–water partition coefficient (Wildman–Crippen LogP) is 0.505. The van der Waals surface area contributed by atoms with Crippen LogP contribution in [-0.2, 0) is 10.0 Å². The second kappa shape index (κ2) is 6.67. The predicted molar refractivity (Wildman–Crippen MR) is 65.4 cm³/mol. The van der Waals surface area contributed by atoms with Crippen molar-refractivity contribution in [2.24, 2.45) is 0 Å². The second-order valence-corrected chi connectivity index (χ2v) is 5.70. The zero-order chi connectivity index (χ0) is 13.6. The molecule has 0 radical (unpaired) electrons. The molecule has 0 saturated heterocycles. The van der Waals surface area contributed by atoms with Gasteiger partial charge in [0.15, 0.2) is 0 Å². The summed E-state index contributed by atoms with van der Waals surface area (Å²) in [6.45, 7) is 1.25. The van der Waals surface area contributed by atoms with E-state index in [0.717, 1.165) is 0 Å². The molecule has 0 fully saturated rings. The molecule has 1 rings (SSSR count). The largest absolute Gasteiger partial charge is 0.492 e. The van der Waals surface area contributed by atoms with Gasteiger partial charge >= 0.3 is 0 Å². The van der Waals surface area contributed by atoms with Gasteiger partial charge in [-0.15, -0.1) is 0 Å². The molecule has 0 bridgehead atoms. The summed E-state index contributed by atoms with van der Waals surface area (Å²) in [5.74, 6) is -0.204. The molecule has 2 N–H and O–H groups in total. The fourth-order valence-corrected chi connectivity index (χ4v) is 2.31. The summed E-state index contributed by atoms with van der Waals surface area (Å²) in [5.41, 5.74) is 0. The number of hydrogen-bond acceptors (Lipinski definition) is 4. The monoisotopic (exact) mass is 277 g/mol. The van der Waals surface area contributed by atoms with Crippen molar-refractivity contribution in [1.29, 1.82) is 0 Å². The molecule has 0 aromatic heterocycles. The molecule has 7 heteroatoms. The summed E-state index contributed by atoms with van der Waals surface area (Å²) in [5, 5.41) is 8.73. The topological polar surface area (TPSA) is 75.6 Å². The fourth-order valence-electron chi connectivity index (χ4n) is 1.20. The molecule has 18 heavy (non-hydrogen) atoms. The van der Waals surface area contributed by atoms with Crippen LogP contribution in [0.15, 0.2) is 24.3 Å². The number of nitrogens with one attached hydrogen (secondary N) is 1. The lowest BCUT2D eigenvalue weighted by atomic mass is 10.3. The lowest BCUT2D eigenvalue weighted by Gasteiger charge is -2.12. The Labute approximate surface area is 106 Å². The summed E-state index contributed by atoms with van der Waals surface area (Å²) in [6, 6.07) is 4.78. The van der Waals surface area contributed by atoms with Crippen LogP contribution in [0.5, 0.6) is 5.75 Å². The minimum Gasteiger partial charge on any atom is -0.492 e. The Morgan fingerprint density at radius 1 is 1.39 bits per heavy atom. The smallest absolute Gasteiger partial charge is 0.215 e. The zero-order valence-corrected chi connectivity index (χ0v) is 10.8. The molecule has 5 nitrogen and oxygen atoms in total. The number of benzene rings is 1. The molecule has 0 aliphatic rings. The van der Waals surface area contributed by atoms with E-state index in [1.807, 2.05) is 0 Å². The van der Waals surface area contributed by atoms with Crippen LogP contribution in [0.3, 0.4) is 0 Å². The Morgan fingerprint density at radius 2 is 2.00 bits per heavy atom. The highest BCUT2D eigenvalue weighted by Crippen LogP contribution is 2.10. The molecule has 0 spiro atoms. The fraction of sp³-hybridized carbons (Fsp3) is 0.455. The van der Waals surface area contributed by atoms with Crippen molar-refractivity contribution in [3.05, 3.63) is 30.1 Å². The van der Waals surface area contributed by atoms with Gasteiger partial charge in [0.1, 0.15) is 18.2 Å². The van der Waals surface area contributed by atoms with Crippen molar-refractivity contribution in [1.82, 2.24) is 4.72 Å². The van der Waals surface area contributed by atoms with E-state index in [1.54, 1.807) is 6.92 Å². The second-order valence-electron chi connectivity index (χ2n) is 3.82. The van der Waals surface area contributed by atoms with Gasteiger partial charge in [0.25, 0.3) is 0 Å². The molecule has 0 aliphatic carbocycles. The highest BCUT2D eigenvalue weighted by atomic mass is 32.2. The summed E-state index contributed by atoms with van der Waals surface area (Å²) in [6.07, 6.45) is 0. The van der Waals surface area contributed by atoms with E-state index < -0.39 is 16.1 Å². The third kappa shape index (κ3) is 5.44. The molecule has 0 aliphatic heterocycles. The Kier molecular flexibility index (Phi) is 5.52. The van der Waals surface area contributed by atoms with Crippen LogP contribution < -0.4 is 9.46 Å². The van der Waals surface area contributed by atoms with E-state index in [1.165, 1.54) is 24.3 Å². The van der Waals surface area contributed by atoms with Gasteiger partial charge in [-0.05, 0) is 31.2 Å².